The normalized spacial score (nSPS) is 19.6. The van der Waals surface area contributed by atoms with Gasteiger partial charge in [0, 0.05) is 54.6 Å². The van der Waals surface area contributed by atoms with Crippen LogP contribution >= 0.6 is 0 Å². The maximum atomic E-state index is 13.0. The van der Waals surface area contributed by atoms with Gasteiger partial charge in [0.2, 0.25) is 0 Å². The smallest absolute Gasteiger partial charge is 0.263 e. The molecule has 3 aromatic rings. The Balaban J connectivity index is 1.25. The lowest BCUT2D eigenvalue weighted by atomic mass is 9.84. The van der Waals surface area contributed by atoms with E-state index < -0.39 is 0 Å². The summed E-state index contributed by atoms with van der Waals surface area (Å²) < 4.78 is 1.82. The molecular formula is C24H27N5O2. The molecule has 0 spiro atoms. The fourth-order valence-corrected chi connectivity index (χ4v) is 4.89. The summed E-state index contributed by atoms with van der Waals surface area (Å²) in [4.78, 5) is 30.2. The zero-order valence-corrected chi connectivity index (χ0v) is 17.6. The van der Waals surface area contributed by atoms with Crippen LogP contribution in [0.25, 0.3) is 10.9 Å². The molecule has 2 atom stereocenters. The second-order valence-electron chi connectivity index (χ2n) is 8.56. The highest BCUT2D eigenvalue weighted by molar-refractivity contribution is 5.94. The van der Waals surface area contributed by atoms with Gasteiger partial charge in [0.1, 0.15) is 5.56 Å². The van der Waals surface area contributed by atoms with E-state index in [1.807, 2.05) is 47.9 Å². The van der Waals surface area contributed by atoms with Gasteiger partial charge < -0.3 is 20.5 Å². The van der Waals surface area contributed by atoms with Crippen LogP contribution in [0, 0.1) is 12.8 Å². The minimum Gasteiger partial charge on any atom is -0.383 e. The Morgan fingerprint density at radius 1 is 1.19 bits per heavy atom. The number of carbonyl (C=O) groups is 1. The average Bonchev–Trinajstić information content (AvgIpc) is 2.77. The lowest BCUT2D eigenvalue weighted by molar-refractivity contribution is 0.0952. The lowest BCUT2D eigenvalue weighted by Gasteiger charge is -2.37. The summed E-state index contributed by atoms with van der Waals surface area (Å²) in [5.74, 6) is 0.511. The van der Waals surface area contributed by atoms with Gasteiger partial charge in [0.15, 0.2) is 0 Å². The molecule has 4 heterocycles. The van der Waals surface area contributed by atoms with Gasteiger partial charge in [-0.2, -0.15) is 0 Å². The Morgan fingerprint density at radius 3 is 2.97 bits per heavy atom. The first-order valence-electron chi connectivity index (χ1n) is 10.9. The summed E-state index contributed by atoms with van der Waals surface area (Å²) >= 11 is 0. The molecule has 31 heavy (non-hydrogen) atoms. The molecular weight excluding hydrogens is 390 g/mol. The molecule has 2 aliphatic rings. The molecule has 3 N–H and O–H groups in total. The van der Waals surface area contributed by atoms with E-state index in [0.29, 0.717) is 31.5 Å². The largest absolute Gasteiger partial charge is 0.383 e. The van der Waals surface area contributed by atoms with Crippen molar-refractivity contribution in [2.75, 3.05) is 31.5 Å². The number of pyridine rings is 2. The monoisotopic (exact) mass is 417 g/mol. The number of aryl methyl sites for hydroxylation is 1. The summed E-state index contributed by atoms with van der Waals surface area (Å²) in [7, 11) is 0. The molecule has 1 aromatic carbocycles. The summed E-state index contributed by atoms with van der Waals surface area (Å²) in [5.41, 5.74) is 3.97. The van der Waals surface area contributed by atoms with Crippen molar-refractivity contribution in [3.05, 3.63) is 69.8 Å². The van der Waals surface area contributed by atoms with Crippen LogP contribution in [0.15, 0.2) is 47.3 Å². The van der Waals surface area contributed by atoms with Crippen molar-refractivity contribution in [3.8, 4) is 0 Å². The Bertz CT molecular complexity index is 1200. The molecule has 1 amide bonds. The minimum absolute atomic E-state index is 0.171. The van der Waals surface area contributed by atoms with Crippen LogP contribution in [0.2, 0.25) is 0 Å². The number of benzene rings is 1. The first kappa shape index (κ1) is 19.8. The highest BCUT2D eigenvalue weighted by Gasteiger charge is 2.31. The molecule has 7 heteroatoms. The third-order valence-corrected chi connectivity index (χ3v) is 6.32. The number of rotatable bonds is 5. The summed E-state index contributed by atoms with van der Waals surface area (Å²) in [5, 5.41) is 10.8. The van der Waals surface area contributed by atoms with Crippen LogP contribution in [-0.4, -0.2) is 41.6 Å². The summed E-state index contributed by atoms with van der Waals surface area (Å²) in [6.45, 7) is 5.47. The van der Waals surface area contributed by atoms with Gasteiger partial charge in [-0.1, -0.05) is 18.2 Å². The standard InChI is InChI=1S/C24H27N5O2/c1-15-10-21(18-4-2-3-5-20(18)28-15)26-8-9-27-23(30)19-6-7-22-17-11-16(12-25-13-17)14-29(22)24(19)31/h2-7,10,16-17,25H,8-9,11-14H2,1H3,(H,26,28)(H,27,30)/t16-,17+/m0/s1. The molecule has 2 aromatic heterocycles. The molecule has 1 saturated heterocycles. The van der Waals surface area contributed by atoms with Crippen molar-refractivity contribution in [1.82, 2.24) is 20.2 Å². The van der Waals surface area contributed by atoms with Crippen LogP contribution in [-0.2, 0) is 6.54 Å². The molecule has 0 unspecified atom stereocenters. The zero-order valence-electron chi connectivity index (χ0n) is 17.6. The van der Waals surface area contributed by atoms with Crippen molar-refractivity contribution in [2.45, 2.75) is 25.8 Å². The lowest BCUT2D eigenvalue weighted by Crippen LogP contribution is -2.46. The van der Waals surface area contributed by atoms with E-state index >= 15 is 0 Å². The number of hydrogen-bond acceptors (Lipinski definition) is 5. The first-order valence-corrected chi connectivity index (χ1v) is 10.9. The Kier molecular flexibility index (Phi) is 5.19. The molecule has 5 rings (SSSR count). The quantitative estimate of drug-likeness (QED) is 0.554. The zero-order chi connectivity index (χ0) is 21.4. The second-order valence-corrected chi connectivity index (χ2v) is 8.56. The van der Waals surface area contributed by atoms with Crippen molar-refractivity contribution < 1.29 is 4.79 Å². The number of piperidine rings is 1. The van der Waals surface area contributed by atoms with Crippen LogP contribution in [0.4, 0.5) is 5.69 Å². The number of nitrogens with one attached hydrogen (secondary N) is 3. The molecule has 2 aliphatic heterocycles. The van der Waals surface area contributed by atoms with Crippen LogP contribution < -0.4 is 21.5 Å². The van der Waals surface area contributed by atoms with Crippen LogP contribution in [0.5, 0.6) is 0 Å². The number of hydrogen-bond donors (Lipinski definition) is 3. The van der Waals surface area contributed by atoms with Crippen molar-refractivity contribution in [3.63, 3.8) is 0 Å². The van der Waals surface area contributed by atoms with Gasteiger partial charge in [-0.05, 0) is 50.1 Å². The number of anilines is 1. The topological polar surface area (TPSA) is 88.0 Å². The van der Waals surface area contributed by atoms with Crippen molar-refractivity contribution in [2.24, 2.45) is 5.92 Å². The maximum Gasteiger partial charge on any atom is 0.263 e. The van der Waals surface area contributed by atoms with E-state index in [1.165, 1.54) is 0 Å². The fourth-order valence-electron chi connectivity index (χ4n) is 4.89. The van der Waals surface area contributed by atoms with Gasteiger partial charge >= 0.3 is 0 Å². The predicted molar refractivity (Wildman–Crippen MR) is 122 cm³/mol. The number of para-hydroxylation sites is 1. The van der Waals surface area contributed by atoms with Crippen LogP contribution in [0.3, 0.4) is 0 Å². The van der Waals surface area contributed by atoms with Crippen LogP contribution in [0.1, 0.15) is 34.1 Å². The summed E-state index contributed by atoms with van der Waals surface area (Å²) in [6.07, 6.45) is 1.12. The third-order valence-electron chi connectivity index (χ3n) is 6.32. The van der Waals surface area contributed by atoms with Gasteiger partial charge in [-0.3, -0.25) is 14.6 Å². The number of nitrogens with zero attached hydrogens (tertiary/aromatic N) is 2. The van der Waals surface area contributed by atoms with E-state index in [4.69, 9.17) is 0 Å². The van der Waals surface area contributed by atoms with Gasteiger partial charge in [0.05, 0.1) is 5.52 Å². The van der Waals surface area contributed by atoms with Crippen molar-refractivity contribution in [1.29, 1.82) is 0 Å². The van der Waals surface area contributed by atoms with E-state index in [-0.39, 0.29) is 17.0 Å². The minimum atomic E-state index is -0.313. The fraction of sp³-hybridized carbons (Fsp3) is 0.375. The van der Waals surface area contributed by atoms with Crippen molar-refractivity contribution >= 4 is 22.5 Å². The molecule has 2 bridgehead atoms. The predicted octanol–water partition coefficient (Wildman–Crippen LogP) is 2.25. The van der Waals surface area contributed by atoms with E-state index in [2.05, 4.69) is 20.9 Å². The molecule has 160 valence electrons. The SMILES string of the molecule is Cc1cc(NCCNC(=O)c2ccc3n(c2=O)C[C@@H]2CNC[C@H]3C2)c2ccccc2n1. The second kappa shape index (κ2) is 8.15. The molecule has 1 fully saturated rings. The first-order chi connectivity index (χ1) is 15.1. The Labute approximate surface area is 180 Å². The Morgan fingerprint density at radius 2 is 2.06 bits per heavy atom. The Hall–Kier alpha value is -3.19. The van der Waals surface area contributed by atoms with E-state index in [9.17, 15) is 9.59 Å². The maximum absolute atomic E-state index is 13.0. The van der Waals surface area contributed by atoms with E-state index in [1.54, 1.807) is 6.07 Å². The highest BCUT2D eigenvalue weighted by Crippen LogP contribution is 2.31. The number of carbonyl (C=O) groups excluding carboxylic acids is 1. The average molecular weight is 418 g/mol. The van der Waals surface area contributed by atoms with Gasteiger partial charge in [-0.15, -0.1) is 0 Å². The molecule has 0 radical (unpaired) electrons. The summed E-state index contributed by atoms with van der Waals surface area (Å²) in [6, 6.07) is 13.6. The molecule has 7 nitrogen and oxygen atoms in total. The number of aromatic nitrogens is 2. The molecule has 0 aliphatic carbocycles. The van der Waals surface area contributed by atoms with E-state index in [0.717, 1.165) is 47.5 Å². The van der Waals surface area contributed by atoms with Gasteiger partial charge in [0.25, 0.3) is 11.5 Å². The van der Waals surface area contributed by atoms with Gasteiger partial charge in [-0.25, -0.2) is 0 Å². The number of amides is 1. The molecule has 0 saturated carbocycles. The third kappa shape index (κ3) is 3.81. The number of fused-ring (bicyclic) bond motifs is 5. The highest BCUT2D eigenvalue weighted by atomic mass is 16.2.